The molecule has 2 aromatic carbocycles. The van der Waals surface area contributed by atoms with E-state index >= 15 is 0 Å². The Labute approximate surface area is 128 Å². The predicted molar refractivity (Wildman–Crippen MR) is 83.1 cm³/mol. The summed E-state index contributed by atoms with van der Waals surface area (Å²) >= 11 is 0. The Bertz CT molecular complexity index is 668. The molecule has 0 saturated carbocycles. The van der Waals surface area contributed by atoms with E-state index in [1.165, 1.54) is 11.6 Å². The summed E-state index contributed by atoms with van der Waals surface area (Å²) in [5, 5.41) is 19.9. The van der Waals surface area contributed by atoms with Crippen LogP contribution in [0.3, 0.4) is 0 Å². The molecule has 0 aliphatic carbocycles. The molecule has 1 N–H and O–H groups in total. The SMILES string of the molecule is O=C(O)c1cc([N+](=O)[O-])ccc1CCCCc1ccccc1. The fourth-order valence-corrected chi connectivity index (χ4v) is 2.38. The van der Waals surface area contributed by atoms with Gasteiger partial charge in [-0.1, -0.05) is 36.4 Å². The van der Waals surface area contributed by atoms with Gasteiger partial charge in [0.05, 0.1) is 10.5 Å². The summed E-state index contributed by atoms with van der Waals surface area (Å²) in [4.78, 5) is 21.4. The summed E-state index contributed by atoms with van der Waals surface area (Å²) in [5.74, 6) is -1.12. The molecule has 0 aliphatic heterocycles. The Kier molecular flexibility index (Phi) is 5.25. The van der Waals surface area contributed by atoms with Gasteiger partial charge in [-0.15, -0.1) is 0 Å². The minimum atomic E-state index is -1.12. The molecule has 0 atom stereocenters. The fourth-order valence-electron chi connectivity index (χ4n) is 2.38. The number of carboxylic acids is 1. The maximum atomic E-state index is 11.2. The Balaban J connectivity index is 1.97. The first-order valence-electron chi connectivity index (χ1n) is 7.12. The van der Waals surface area contributed by atoms with Crippen LogP contribution in [0.2, 0.25) is 0 Å². The molecular formula is C17H17NO4. The molecular weight excluding hydrogens is 282 g/mol. The van der Waals surface area contributed by atoms with E-state index in [0.717, 1.165) is 25.3 Å². The number of benzene rings is 2. The van der Waals surface area contributed by atoms with Crippen molar-refractivity contribution in [2.24, 2.45) is 0 Å². The van der Waals surface area contributed by atoms with Crippen molar-refractivity contribution in [2.45, 2.75) is 25.7 Å². The van der Waals surface area contributed by atoms with E-state index in [0.29, 0.717) is 12.0 Å². The lowest BCUT2D eigenvalue weighted by Gasteiger charge is -2.06. The number of carbonyl (C=O) groups is 1. The van der Waals surface area contributed by atoms with Crippen LogP contribution in [0.1, 0.15) is 34.3 Å². The van der Waals surface area contributed by atoms with Crippen molar-refractivity contribution < 1.29 is 14.8 Å². The molecule has 0 saturated heterocycles. The van der Waals surface area contributed by atoms with E-state index in [9.17, 15) is 20.0 Å². The lowest BCUT2D eigenvalue weighted by Crippen LogP contribution is -2.04. The molecule has 114 valence electrons. The van der Waals surface area contributed by atoms with E-state index in [1.54, 1.807) is 6.07 Å². The highest BCUT2D eigenvalue weighted by Gasteiger charge is 2.15. The first kappa shape index (κ1) is 15.7. The van der Waals surface area contributed by atoms with E-state index in [1.807, 2.05) is 18.2 Å². The zero-order chi connectivity index (χ0) is 15.9. The van der Waals surface area contributed by atoms with Crippen molar-refractivity contribution in [2.75, 3.05) is 0 Å². The summed E-state index contributed by atoms with van der Waals surface area (Å²) < 4.78 is 0. The molecule has 2 aromatic rings. The fraction of sp³-hybridized carbons (Fsp3) is 0.235. The Morgan fingerprint density at radius 1 is 1.05 bits per heavy atom. The predicted octanol–water partition coefficient (Wildman–Crippen LogP) is 3.86. The second kappa shape index (κ2) is 7.36. The van der Waals surface area contributed by atoms with Gasteiger partial charge in [-0.2, -0.15) is 0 Å². The summed E-state index contributed by atoms with van der Waals surface area (Å²) in [6.07, 6.45) is 3.33. The van der Waals surface area contributed by atoms with Gasteiger partial charge in [0.1, 0.15) is 0 Å². The number of non-ortho nitro benzene ring substituents is 1. The zero-order valence-corrected chi connectivity index (χ0v) is 12.1. The third kappa shape index (κ3) is 4.15. The van der Waals surface area contributed by atoms with Gasteiger partial charge in [-0.05, 0) is 36.8 Å². The first-order valence-corrected chi connectivity index (χ1v) is 7.12. The van der Waals surface area contributed by atoms with E-state index in [-0.39, 0.29) is 11.3 Å². The van der Waals surface area contributed by atoms with Crippen molar-refractivity contribution in [1.29, 1.82) is 0 Å². The molecule has 0 bridgehead atoms. The van der Waals surface area contributed by atoms with E-state index in [4.69, 9.17) is 0 Å². The molecule has 5 nitrogen and oxygen atoms in total. The number of rotatable bonds is 7. The number of unbranched alkanes of at least 4 members (excludes halogenated alkanes) is 1. The molecule has 0 heterocycles. The molecule has 0 unspecified atom stereocenters. The first-order chi connectivity index (χ1) is 10.6. The van der Waals surface area contributed by atoms with Gasteiger partial charge in [-0.3, -0.25) is 10.1 Å². The minimum absolute atomic E-state index is 0.0221. The van der Waals surface area contributed by atoms with Gasteiger partial charge < -0.3 is 5.11 Å². The topological polar surface area (TPSA) is 80.4 Å². The molecule has 22 heavy (non-hydrogen) atoms. The van der Waals surface area contributed by atoms with Crippen LogP contribution in [0.25, 0.3) is 0 Å². The van der Waals surface area contributed by atoms with E-state index < -0.39 is 10.9 Å². The van der Waals surface area contributed by atoms with Gasteiger partial charge in [0, 0.05) is 12.1 Å². The summed E-state index contributed by atoms with van der Waals surface area (Å²) in [6, 6.07) is 14.1. The van der Waals surface area contributed by atoms with Gasteiger partial charge in [0.2, 0.25) is 0 Å². The lowest BCUT2D eigenvalue weighted by molar-refractivity contribution is -0.384. The highest BCUT2D eigenvalue weighted by Crippen LogP contribution is 2.20. The number of carboxylic acid groups (broad SMARTS) is 1. The van der Waals surface area contributed by atoms with Crippen LogP contribution in [-0.2, 0) is 12.8 Å². The van der Waals surface area contributed by atoms with Crippen molar-refractivity contribution in [3.63, 3.8) is 0 Å². The average molecular weight is 299 g/mol. The quantitative estimate of drug-likeness (QED) is 0.478. The van der Waals surface area contributed by atoms with Gasteiger partial charge in [-0.25, -0.2) is 4.79 Å². The molecule has 5 heteroatoms. The molecule has 0 fully saturated rings. The summed E-state index contributed by atoms with van der Waals surface area (Å²) in [7, 11) is 0. The number of hydrogen-bond acceptors (Lipinski definition) is 3. The molecule has 0 amide bonds. The smallest absolute Gasteiger partial charge is 0.336 e. The second-order valence-corrected chi connectivity index (χ2v) is 5.10. The highest BCUT2D eigenvalue weighted by atomic mass is 16.6. The van der Waals surface area contributed by atoms with Crippen molar-refractivity contribution in [3.8, 4) is 0 Å². The highest BCUT2D eigenvalue weighted by molar-refractivity contribution is 5.90. The van der Waals surface area contributed by atoms with Gasteiger partial charge >= 0.3 is 5.97 Å². The molecule has 0 aliphatic rings. The number of nitrogens with zero attached hydrogens (tertiary/aromatic N) is 1. The lowest BCUT2D eigenvalue weighted by atomic mass is 9.99. The maximum Gasteiger partial charge on any atom is 0.336 e. The van der Waals surface area contributed by atoms with Crippen LogP contribution in [0.5, 0.6) is 0 Å². The Hall–Kier alpha value is -2.69. The van der Waals surface area contributed by atoms with Crippen LogP contribution in [-0.4, -0.2) is 16.0 Å². The normalized spacial score (nSPS) is 10.4. The monoisotopic (exact) mass is 299 g/mol. The average Bonchev–Trinajstić information content (AvgIpc) is 2.52. The molecule has 0 spiro atoms. The third-order valence-corrected chi connectivity index (χ3v) is 3.54. The van der Waals surface area contributed by atoms with Crippen LogP contribution in [0.15, 0.2) is 48.5 Å². The second-order valence-electron chi connectivity index (χ2n) is 5.10. The Morgan fingerprint density at radius 2 is 1.73 bits per heavy atom. The zero-order valence-electron chi connectivity index (χ0n) is 12.1. The summed E-state index contributed by atoms with van der Waals surface area (Å²) in [6.45, 7) is 0. The van der Waals surface area contributed by atoms with Crippen LogP contribution >= 0.6 is 0 Å². The van der Waals surface area contributed by atoms with E-state index in [2.05, 4.69) is 12.1 Å². The van der Waals surface area contributed by atoms with Crippen molar-refractivity contribution in [1.82, 2.24) is 0 Å². The molecule has 0 radical (unpaired) electrons. The largest absolute Gasteiger partial charge is 0.478 e. The van der Waals surface area contributed by atoms with Gasteiger partial charge in [0.25, 0.3) is 5.69 Å². The number of aryl methyl sites for hydroxylation is 2. The van der Waals surface area contributed by atoms with Crippen LogP contribution in [0.4, 0.5) is 5.69 Å². The van der Waals surface area contributed by atoms with Crippen molar-refractivity contribution >= 4 is 11.7 Å². The van der Waals surface area contributed by atoms with Crippen molar-refractivity contribution in [3.05, 3.63) is 75.3 Å². The summed E-state index contributed by atoms with van der Waals surface area (Å²) in [5.41, 5.74) is 1.73. The minimum Gasteiger partial charge on any atom is -0.478 e. The Morgan fingerprint density at radius 3 is 2.36 bits per heavy atom. The number of nitro groups is 1. The van der Waals surface area contributed by atoms with Gasteiger partial charge in [0.15, 0.2) is 0 Å². The number of hydrogen-bond donors (Lipinski definition) is 1. The molecule has 0 aromatic heterocycles. The molecule has 2 rings (SSSR count). The van der Waals surface area contributed by atoms with Crippen LogP contribution < -0.4 is 0 Å². The maximum absolute atomic E-state index is 11.2. The standard InChI is InChI=1S/C17H17NO4/c19-17(20)16-12-15(18(21)22)11-10-14(16)9-5-4-8-13-6-2-1-3-7-13/h1-3,6-7,10-12H,4-5,8-9H2,(H,19,20). The number of aromatic carboxylic acids is 1. The number of nitro benzene ring substituents is 1. The van der Waals surface area contributed by atoms with Crippen LogP contribution in [0, 0.1) is 10.1 Å². The third-order valence-electron chi connectivity index (χ3n) is 3.54.